The lowest BCUT2D eigenvalue weighted by atomic mass is 9.85. The van der Waals surface area contributed by atoms with Crippen molar-refractivity contribution in [3.63, 3.8) is 0 Å². The monoisotopic (exact) mass is 338 g/mol. The number of aliphatic carboxylic acids is 1. The van der Waals surface area contributed by atoms with Gasteiger partial charge in [0.2, 0.25) is 0 Å². The first-order valence-electron chi connectivity index (χ1n) is 8.52. The molecule has 0 radical (unpaired) electrons. The van der Waals surface area contributed by atoms with Crippen molar-refractivity contribution >= 4 is 12.0 Å². The Bertz CT molecular complexity index is 746. The van der Waals surface area contributed by atoms with Crippen LogP contribution in [0.3, 0.4) is 0 Å². The predicted octanol–water partition coefficient (Wildman–Crippen LogP) is 3.21. The molecule has 25 heavy (non-hydrogen) atoms. The molecule has 2 aromatic rings. The van der Waals surface area contributed by atoms with Gasteiger partial charge in [0, 0.05) is 32.0 Å². The second-order valence-electron chi connectivity index (χ2n) is 6.27. The summed E-state index contributed by atoms with van der Waals surface area (Å²) in [6.45, 7) is 1.56. The maximum Gasteiger partial charge on any atom is 0.317 e. The molecule has 0 spiro atoms. The SMILES string of the molecule is O=C(O)CCCNC(=O)N1Cc2ccccc2C(c2ccccc2)C1. The Morgan fingerprint density at radius 2 is 1.80 bits per heavy atom. The Kier molecular flexibility index (Phi) is 5.33. The summed E-state index contributed by atoms with van der Waals surface area (Å²) in [4.78, 5) is 24.9. The molecule has 5 nitrogen and oxygen atoms in total. The average molecular weight is 338 g/mol. The number of amides is 2. The van der Waals surface area contributed by atoms with Gasteiger partial charge in [0.1, 0.15) is 0 Å². The zero-order valence-corrected chi connectivity index (χ0v) is 14.0. The van der Waals surface area contributed by atoms with E-state index in [1.54, 1.807) is 4.90 Å². The molecule has 0 aliphatic carbocycles. The molecule has 1 aliphatic heterocycles. The molecule has 130 valence electrons. The quantitative estimate of drug-likeness (QED) is 0.823. The maximum absolute atomic E-state index is 12.5. The molecule has 0 fully saturated rings. The second kappa shape index (κ2) is 7.83. The first-order valence-corrected chi connectivity index (χ1v) is 8.52. The molecule has 3 rings (SSSR count). The third-order valence-electron chi connectivity index (χ3n) is 4.53. The number of carboxylic acid groups (broad SMARTS) is 1. The molecular formula is C20H22N2O3. The van der Waals surface area contributed by atoms with E-state index in [1.807, 2.05) is 30.3 Å². The van der Waals surface area contributed by atoms with Gasteiger partial charge in [-0.15, -0.1) is 0 Å². The number of nitrogens with one attached hydrogen (secondary N) is 1. The van der Waals surface area contributed by atoms with Crippen LogP contribution in [0.2, 0.25) is 0 Å². The molecule has 1 unspecified atom stereocenters. The fourth-order valence-corrected chi connectivity index (χ4v) is 3.28. The van der Waals surface area contributed by atoms with Crippen molar-refractivity contribution in [3.05, 3.63) is 71.3 Å². The highest BCUT2D eigenvalue weighted by Crippen LogP contribution is 2.33. The normalized spacial score (nSPS) is 16.2. The summed E-state index contributed by atoms with van der Waals surface area (Å²) in [5, 5.41) is 11.5. The number of hydrogen-bond donors (Lipinski definition) is 2. The van der Waals surface area contributed by atoms with E-state index < -0.39 is 5.97 Å². The highest BCUT2D eigenvalue weighted by molar-refractivity contribution is 5.75. The summed E-state index contributed by atoms with van der Waals surface area (Å²) in [6.07, 6.45) is 0.503. The van der Waals surface area contributed by atoms with E-state index in [1.165, 1.54) is 11.1 Å². The van der Waals surface area contributed by atoms with Gasteiger partial charge >= 0.3 is 12.0 Å². The van der Waals surface area contributed by atoms with Gasteiger partial charge in [0.15, 0.2) is 0 Å². The van der Waals surface area contributed by atoms with Gasteiger partial charge in [-0.05, 0) is 23.1 Å². The smallest absolute Gasteiger partial charge is 0.317 e. The molecule has 5 heteroatoms. The molecule has 0 saturated carbocycles. The third-order valence-corrected chi connectivity index (χ3v) is 4.53. The minimum absolute atomic E-state index is 0.0652. The number of urea groups is 1. The van der Waals surface area contributed by atoms with Gasteiger partial charge in [-0.2, -0.15) is 0 Å². The molecule has 2 N–H and O–H groups in total. The minimum Gasteiger partial charge on any atom is -0.481 e. The van der Waals surface area contributed by atoms with Gasteiger partial charge in [0.25, 0.3) is 0 Å². The zero-order chi connectivity index (χ0) is 17.6. The van der Waals surface area contributed by atoms with Gasteiger partial charge in [-0.1, -0.05) is 54.6 Å². The summed E-state index contributed by atoms with van der Waals surface area (Å²) in [5.41, 5.74) is 3.62. The molecular weight excluding hydrogens is 316 g/mol. The summed E-state index contributed by atoms with van der Waals surface area (Å²) >= 11 is 0. The van der Waals surface area contributed by atoms with Crippen molar-refractivity contribution in [2.75, 3.05) is 13.1 Å². The largest absolute Gasteiger partial charge is 0.481 e. The molecule has 2 aromatic carbocycles. The number of benzene rings is 2. The van der Waals surface area contributed by atoms with E-state index in [9.17, 15) is 9.59 Å². The summed E-state index contributed by atoms with van der Waals surface area (Å²) in [7, 11) is 0. The molecule has 2 amide bonds. The second-order valence-corrected chi connectivity index (χ2v) is 6.27. The Labute approximate surface area is 147 Å². The Morgan fingerprint density at radius 1 is 1.08 bits per heavy atom. The molecule has 1 aliphatic rings. The van der Waals surface area contributed by atoms with Crippen LogP contribution in [0.1, 0.15) is 35.4 Å². The summed E-state index contributed by atoms with van der Waals surface area (Å²) < 4.78 is 0. The number of fused-ring (bicyclic) bond motifs is 1. The molecule has 0 aromatic heterocycles. The van der Waals surface area contributed by atoms with Crippen LogP contribution in [0.4, 0.5) is 4.79 Å². The van der Waals surface area contributed by atoms with Crippen LogP contribution in [0.5, 0.6) is 0 Å². The fraction of sp³-hybridized carbons (Fsp3) is 0.300. The van der Waals surface area contributed by atoms with Gasteiger partial charge in [-0.3, -0.25) is 4.79 Å². The Morgan fingerprint density at radius 3 is 2.56 bits per heavy atom. The minimum atomic E-state index is -0.842. The van der Waals surface area contributed by atoms with Crippen LogP contribution < -0.4 is 5.32 Å². The van der Waals surface area contributed by atoms with E-state index in [0.717, 1.165) is 5.56 Å². The standard InChI is InChI=1S/C20H22N2O3/c23-19(24)11-6-12-21-20(25)22-13-16-9-4-5-10-17(16)18(14-22)15-7-2-1-3-8-15/h1-5,7-10,18H,6,11-14H2,(H,21,25)(H,23,24). The Balaban J connectivity index is 1.73. The van der Waals surface area contributed by atoms with Gasteiger partial charge in [0.05, 0.1) is 0 Å². The Hall–Kier alpha value is -2.82. The van der Waals surface area contributed by atoms with Crippen molar-refractivity contribution < 1.29 is 14.7 Å². The van der Waals surface area contributed by atoms with Crippen LogP contribution in [0.15, 0.2) is 54.6 Å². The van der Waals surface area contributed by atoms with Gasteiger partial charge < -0.3 is 15.3 Å². The van der Waals surface area contributed by atoms with Crippen LogP contribution >= 0.6 is 0 Å². The summed E-state index contributed by atoms with van der Waals surface area (Å²) in [5.74, 6) is -0.693. The number of carbonyl (C=O) groups is 2. The topological polar surface area (TPSA) is 69.6 Å². The van der Waals surface area contributed by atoms with Crippen molar-refractivity contribution in [2.45, 2.75) is 25.3 Å². The van der Waals surface area contributed by atoms with Crippen molar-refractivity contribution in [1.82, 2.24) is 10.2 Å². The number of carboxylic acids is 1. The third kappa shape index (κ3) is 4.18. The summed E-state index contributed by atoms with van der Waals surface area (Å²) in [6, 6.07) is 18.3. The van der Waals surface area contributed by atoms with E-state index in [2.05, 4.69) is 29.6 Å². The first-order chi connectivity index (χ1) is 12.1. The van der Waals surface area contributed by atoms with Gasteiger partial charge in [-0.25, -0.2) is 4.79 Å². The predicted molar refractivity (Wildman–Crippen MR) is 95.4 cm³/mol. The van der Waals surface area contributed by atoms with E-state index in [0.29, 0.717) is 26.1 Å². The number of carbonyl (C=O) groups excluding carboxylic acids is 1. The molecule has 0 saturated heterocycles. The van der Waals surface area contributed by atoms with E-state index >= 15 is 0 Å². The van der Waals surface area contributed by atoms with Crippen molar-refractivity contribution in [1.29, 1.82) is 0 Å². The lowest BCUT2D eigenvalue weighted by Gasteiger charge is -2.35. The lowest BCUT2D eigenvalue weighted by molar-refractivity contribution is -0.137. The lowest BCUT2D eigenvalue weighted by Crippen LogP contribution is -2.44. The molecule has 1 atom stereocenters. The van der Waals surface area contributed by atoms with E-state index in [4.69, 9.17) is 5.11 Å². The van der Waals surface area contributed by atoms with Crippen LogP contribution in [0.25, 0.3) is 0 Å². The van der Waals surface area contributed by atoms with Crippen LogP contribution in [0, 0.1) is 0 Å². The van der Waals surface area contributed by atoms with Crippen LogP contribution in [-0.4, -0.2) is 35.1 Å². The average Bonchev–Trinajstić information content (AvgIpc) is 2.64. The van der Waals surface area contributed by atoms with Crippen LogP contribution in [-0.2, 0) is 11.3 Å². The molecule has 1 heterocycles. The van der Waals surface area contributed by atoms with Crippen molar-refractivity contribution in [2.24, 2.45) is 0 Å². The number of nitrogens with zero attached hydrogens (tertiary/aromatic N) is 1. The first kappa shape index (κ1) is 17.0. The zero-order valence-electron chi connectivity index (χ0n) is 14.0. The highest BCUT2D eigenvalue weighted by Gasteiger charge is 2.28. The van der Waals surface area contributed by atoms with E-state index in [-0.39, 0.29) is 18.4 Å². The highest BCUT2D eigenvalue weighted by atomic mass is 16.4. The molecule has 0 bridgehead atoms. The van der Waals surface area contributed by atoms with Crippen molar-refractivity contribution in [3.8, 4) is 0 Å². The maximum atomic E-state index is 12.5. The number of rotatable bonds is 5. The fourth-order valence-electron chi connectivity index (χ4n) is 3.28. The number of hydrogen-bond acceptors (Lipinski definition) is 2.